The third-order valence-corrected chi connectivity index (χ3v) is 6.45. The summed E-state index contributed by atoms with van der Waals surface area (Å²) in [4.78, 5) is 54.9. The van der Waals surface area contributed by atoms with Crippen molar-refractivity contribution in [3.8, 4) is 16.8 Å². The van der Waals surface area contributed by atoms with E-state index in [1.54, 1.807) is 29.1 Å². The smallest absolute Gasteiger partial charge is 0.312 e. The van der Waals surface area contributed by atoms with E-state index in [2.05, 4.69) is 35.2 Å². The number of H-pyrrole nitrogens is 1. The van der Waals surface area contributed by atoms with Crippen LogP contribution in [-0.4, -0.2) is 50.6 Å². The van der Waals surface area contributed by atoms with Crippen molar-refractivity contribution < 1.29 is 10.0 Å². The first-order chi connectivity index (χ1) is 19.6. The van der Waals surface area contributed by atoms with Crippen molar-refractivity contribution in [3.05, 3.63) is 95.6 Å². The zero-order chi connectivity index (χ0) is 27.6. The average Bonchev–Trinajstić information content (AvgIpc) is 3.49. The Labute approximate surface area is 226 Å². The number of imidazole rings is 1. The van der Waals surface area contributed by atoms with Crippen molar-refractivity contribution in [1.82, 2.24) is 44.9 Å². The summed E-state index contributed by atoms with van der Waals surface area (Å²) >= 11 is 0. The number of hydroxylamine groups is 1. The number of anilines is 1. The van der Waals surface area contributed by atoms with Crippen LogP contribution in [0.25, 0.3) is 38.9 Å². The molecule has 0 aliphatic carbocycles. The molecule has 0 aliphatic rings. The summed E-state index contributed by atoms with van der Waals surface area (Å²) < 4.78 is 1.59. The monoisotopic (exact) mass is 534 g/mol. The van der Waals surface area contributed by atoms with E-state index in [0.717, 1.165) is 0 Å². The number of carbonyl (C=O) groups excluding carboxylic acids is 1. The van der Waals surface area contributed by atoms with Gasteiger partial charge in [0.15, 0.2) is 11.5 Å². The van der Waals surface area contributed by atoms with E-state index in [-0.39, 0.29) is 11.4 Å². The second-order valence-corrected chi connectivity index (χ2v) is 8.81. The lowest BCUT2D eigenvalue weighted by Crippen LogP contribution is -2.28. The van der Waals surface area contributed by atoms with Crippen molar-refractivity contribution in [3.63, 3.8) is 0 Å². The molecule has 0 unspecified atom stereocenters. The third kappa shape index (κ3) is 4.29. The van der Waals surface area contributed by atoms with Crippen molar-refractivity contribution in [2.45, 2.75) is 19.4 Å². The summed E-state index contributed by atoms with van der Waals surface area (Å²) in [6.07, 6.45) is 6.42. The Kier molecular flexibility index (Phi) is 6.38. The first-order valence-corrected chi connectivity index (χ1v) is 12.4. The van der Waals surface area contributed by atoms with Crippen molar-refractivity contribution in [2.75, 3.05) is 5.32 Å². The van der Waals surface area contributed by atoms with Crippen LogP contribution in [-0.2, 0) is 0 Å². The molecule has 40 heavy (non-hydrogen) atoms. The van der Waals surface area contributed by atoms with Gasteiger partial charge in [-0.1, -0.05) is 37.3 Å². The van der Waals surface area contributed by atoms with Gasteiger partial charge < -0.3 is 10.3 Å². The SMILES string of the molecule is CC[C@H](Nc1ncnc2[nH]cnc12)c1nc2cccc(-c3cnc(C(=O)NO)nc3)c2c(=O)n1-c1ccccc1. The van der Waals surface area contributed by atoms with Crippen LogP contribution >= 0.6 is 0 Å². The fourth-order valence-electron chi connectivity index (χ4n) is 4.57. The summed E-state index contributed by atoms with van der Waals surface area (Å²) in [5.41, 5.74) is 4.58. The molecule has 0 spiro atoms. The summed E-state index contributed by atoms with van der Waals surface area (Å²) in [6, 6.07) is 14.2. The lowest BCUT2D eigenvalue weighted by Gasteiger charge is -2.22. The molecule has 0 saturated carbocycles. The van der Waals surface area contributed by atoms with E-state index in [4.69, 9.17) is 10.2 Å². The minimum absolute atomic E-state index is 0.207. The topological polar surface area (TPSA) is 176 Å². The van der Waals surface area contributed by atoms with Gasteiger partial charge in [0.25, 0.3) is 5.56 Å². The maximum Gasteiger partial charge on any atom is 0.312 e. The number of aromatic nitrogens is 8. The molecule has 0 fully saturated rings. The van der Waals surface area contributed by atoms with E-state index in [1.807, 2.05) is 37.3 Å². The molecular weight excluding hydrogens is 512 g/mol. The molecular formula is C27H22N10O3. The number of hydrogen-bond donors (Lipinski definition) is 4. The zero-order valence-electron chi connectivity index (χ0n) is 21.1. The Hall–Kier alpha value is -5.56. The minimum Gasteiger partial charge on any atom is -0.358 e. The molecule has 0 aliphatic heterocycles. The summed E-state index contributed by atoms with van der Waals surface area (Å²) in [5.74, 6) is -0.0286. The highest BCUT2D eigenvalue weighted by molar-refractivity contribution is 5.94. The van der Waals surface area contributed by atoms with Crippen molar-refractivity contribution in [2.24, 2.45) is 0 Å². The largest absolute Gasteiger partial charge is 0.358 e. The van der Waals surface area contributed by atoms with Gasteiger partial charge in [0.2, 0.25) is 5.82 Å². The van der Waals surface area contributed by atoms with E-state index < -0.39 is 11.9 Å². The number of carbonyl (C=O) groups is 1. The minimum atomic E-state index is -0.837. The molecule has 4 heterocycles. The summed E-state index contributed by atoms with van der Waals surface area (Å²) in [6.45, 7) is 1.99. The van der Waals surface area contributed by atoms with Gasteiger partial charge in [0.05, 0.1) is 29.0 Å². The third-order valence-electron chi connectivity index (χ3n) is 6.45. The highest BCUT2D eigenvalue weighted by Crippen LogP contribution is 2.29. The maximum absolute atomic E-state index is 14.3. The van der Waals surface area contributed by atoms with E-state index in [0.29, 0.717) is 56.9 Å². The van der Waals surface area contributed by atoms with Crippen LogP contribution in [0.5, 0.6) is 0 Å². The molecule has 0 saturated heterocycles. The second-order valence-electron chi connectivity index (χ2n) is 8.81. The Morgan fingerprint density at radius 1 is 1.02 bits per heavy atom. The van der Waals surface area contributed by atoms with Gasteiger partial charge >= 0.3 is 5.91 Å². The molecule has 0 bridgehead atoms. The molecule has 6 rings (SSSR count). The van der Waals surface area contributed by atoms with Gasteiger partial charge in [0, 0.05) is 18.0 Å². The average molecular weight is 535 g/mol. The fourth-order valence-corrected chi connectivity index (χ4v) is 4.57. The molecule has 6 aromatic rings. The van der Waals surface area contributed by atoms with Gasteiger partial charge in [0.1, 0.15) is 17.7 Å². The molecule has 13 heteroatoms. The van der Waals surface area contributed by atoms with E-state index in [9.17, 15) is 9.59 Å². The quantitative estimate of drug-likeness (QED) is 0.176. The molecule has 4 aromatic heterocycles. The van der Waals surface area contributed by atoms with Crippen molar-refractivity contribution in [1.29, 1.82) is 0 Å². The predicted octanol–water partition coefficient (Wildman–Crippen LogP) is 3.19. The number of rotatable bonds is 7. The molecule has 0 radical (unpaired) electrons. The van der Waals surface area contributed by atoms with Gasteiger partial charge in [-0.25, -0.2) is 35.4 Å². The van der Waals surface area contributed by atoms with Crippen LogP contribution in [0, 0.1) is 0 Å². The van der Waals surface area contributed by atoms with Gasteiger partial charge in [-0.2, -0.15) is 0 Å². The number of fused-ring (bicyclic) bond motifs is 2. The molecule has 1 amide bonds. The molecule has 198 valence electrons. The van der Waals surface area contributed by atoms with Crippen LogP contribution < -0.4 is 16.4 Å². The number of nitrogens with zero attached hydrogens (tertiary/aromatic N) is 7. The normalized spacial score (nSPS) is 11.9. The van der Waals surface area contributed by atoms with Gasteiger partial charge in [-0.3, -0.25) is 19.4 Å². The van der Waals surface area contributed by atoms with Gasteiger partial charge in [-0.15, -0.1) is 0 Å². The van der Waals surface area contributed by atoms with Crippen molar-refractivity contribution >= 4 is 33.8 Å². The van der Waals surface area contributed by atoms with Crippen LogP contribution in [0.4, 0.5) is 5.82 Å². The Morgan fingerprint density at radius 2 is 1.82 bits per heavy atom. The maximum atomic E-state index is 14.3. The highest BCUT2D eigenvalue weighted by atomic mass is 16.5. The highest BCUT2D eigenvalue weighted by Gasteiger charge is 2.23. The van der Waals surface area contributed by atoms with Gasteiger partial charge in [-0.05, 0) is 30.2 Å². The Balaban J connectivity index is 1.55. The summed E-state index contributed by atoms with van der Waals surface area (Å²) in [5, 5.41) is 12.6. The number of aromatic amines is 1. The lowest BCUT2D eigenvalue weighted by molar-refractivity contribution is 0.0694. The lowest BCUT2D eigenvalue weighted by atomic mass is 10.0. The van der Waals surface area contributed by atoms with Crippen LogP contribution in [0.3, 0.4) is 0 Å². The number of benzene rings is 2. The molecule has 13 nitrogen and oxygen atoms in total. The Morgan fingerprint density at radius 3 is 2.58 bits per heavy atom. The number of hydrogen-bond acceptors (Lipinski definition) is 10. The molecule has 2 aromatic carbocycles. The number of para-hydroxylation sites is 1. The van der Waals surface area contributed by atoms with E-state index in [1.165, 1.54) is 24.2 Å². The predicted molar refractivity (Wildman–Crippen MR) is 146 cm³/mol. The zero-order valence-corrected chi connectivity index (χ0v) is 21.1. The van der Waals surface area contributed by atoms with Crippen LogP contribution in [0.1, 0.15) is 35.8 Å². The van der Waals surface area contributed by atoms with Crippen LogP contribution in [0.2, 0.25) is 0 Å². The fraction of sp³-hybridized carbons (Fsp3) is 0.111. The second kappa shape index (κ2) is 10.3. The number of nitrogens with one attached hydrogen (secondary N) is 3. The Bertz CT molecular complexity index is 1900. The van der Waals surface area contributed by atoms with Crippen LogP contribution in [0.15, 0.2) is 78.4 Å². The molecule has 1 atom stereocenters. The summed E-state index contributed by atoms with van der Waals surface area (Å²) in [7, 11) is 0. The molecule has 4 N–H and O–H groups in total. The first-order valence-electron chi connectivity index (χ1n) is 12.4. The number of amides is 1. The standard InChI is InChI=1S/C27H22N10O3/c1-2-18(34-23-21-22(31-13-30-21)32-14-33-23)25-35-19-10-6-9-17(15-11-28-24(29-12-15)26(38)36-40)20(19)27(39)37(25)16-7-4-3-5-8-16/h3-14,18,40H,2H2,1H3,(H,36,38)(H2,30,31,32,33,34)/t18-/m0/s1. The first kappa shape index (κ1) is 24.8. The van der Waals surface area contributed by atoms with E-state index >= 15 is 0 Å².